The minimum atomic E-state index is 0.115. The van der Waals surface area contributed by atoms with E-state index in [9.17, 15) is 4.79 Å². The fourth-order valence-electron chi connectivity index (χ4n) is 3.57. The minimum absolute atomic E-state index is 0.115. The van der Waals surface area contributed by atoms with E-state index in [1.54, 1.807) is 0 Å². The number of hydrogen-bond acceptors (Lipinski definition) is 3. The first kappa shape index (κ1) is 18.9. The van der Waals surface area contributed by atoms with Gasteiger partial charge >= 0.3 is 0 Å². The number of aliphatic hydroxyl groups is 1. The van der Waals surface area contributed by atoms with Crippen LogP contribution in [0.15, 0.2) is 24.3 Å². The fraction of sp³-hybridized carbons (Fsp3) is 0.591. The molecule has 0 bridgehead atoms. The standard InChI is InChI=1S/C22H30N2O2/c25-15-2-1-4-18-6-8-20(9-7-18)17-24-14-3-5-19(16-24)10-13-22(26)23-21-11-12-21/h6-9,19,21,25H,2-3,5,10-17H2,(H,23,26). The molecule has 4 nitrogen and oxygen atoms in total. The fourth-order valence-corrected chi connectivity index (χ4v) is 3.57. The van der Waals surface area contributed by atoms with Crippen LogP contribution in [0, 0.1) is 17.8 Å². The molecule has 1 atom stereocenters. The number of rotatable bonds is 7. The lowest BCUT2D eigenvalue weighted by Gasteiger charge is -2.32. The lowest BCUT2D eigenvalue weighted by atomic mass is 9.93. The van der Waals surface area contributed by atoms with Crippen LogP contribution in [0.5, 0.6) is 0 Å². The van der Waals surface area contributed by atoms with Crippen LogP contribution in [0.2, 0.25) is 0 Å². The average molecular weight is 354 g/mol. The van der Waals surface area contributed by atoms with Gasteiger partial charge in [-0.3, -0.25) is 9.69 Å². The van der Waals surface area contributed by atoms with Gasteiger partial charge in [0, 0.05) is 37.5 Å². The Balaban J connectivity index is 1.42. The van der Waals surface area contributed by atoms with Gasteiger partial charge in [0.2, 0.25) is 5.91 Å². The molecule has 1 unspecified atom stereocenters. The topological polar surface area (TPSA) is 52.6 Å². The van der Waals surface area contributed by atoms with E-state index in [2.05, 4.69) is 46.3 Å². The summed E-state index contributed by atoms with van der Waals surface area (Å²) in [6.45, 7) is 3.32. The smallest absolute Gasteiger partial charge is 0.220 e. The van der Waals surface area contributed by atoms with E-state index in [0.717, 1.165) is 44.5 Å². The Morgan fingerprint density at radius 2 is 2.04 bits per heavy atom. The van der Waals surface area contributed by atoms with Crippen LogP contribution < -0.4 is 5.32 Å². The Labute approximate surface area is 157 Å². The number of amides is 1. The molecule has 1 saturated carbocycles. The number of aliphatic hydroxyl groups excluding tert-OH is 1. The van der Waals surface area contributed by atoms with Crippen LogP contribution in [0.3, 0.4) is 0 Å². The van der Waals surface area contributed by atoms with E-state index in [-0.39, 0.29) is 12.5 Å². The third kappa shape index (κ3) is 6.48. The van der Waals surface area contributed by atoms with Crippen LogP contribution in [-0.4, -0.2) is 41.7 Å². The Kier molecular flexibility index (Phi) is 7.11. The van der Waals surface area contributed by atoms with Crippen molar-refractivity contribution < 1.29 is 9.90 Å². The van der Waals surface area contributed by atoms with Gasteiger partial charge < -0.3 is 10.4 Å². The summed E-state index contributed by atoms with van der Waals surface area (Å²) in [5.74, 6) is 6.90. The van der Waals surface area contributed by atoms with Crippen molar-refractivity contribution in [3.63, 3.8) is 0 Å². The second-order valence-electron chi connectivity index (χ2n) is 7.60. The van der Waals surface area contributed by atoms with E-state index in [1.807, 2.05) is 0 Å². The van der Waals surface area contributed by atoms with Crippen LogP contribution >= 0.6 is 0 Å². The molecule has 0 radical (unpaired) electrons. The molecule has 1 amide bonds. The maximum absolute atomic E-state index is 11.9. The largest absolute Gasteiger partial charge is 0.395 e. The van der Waals surface area contributed by atoms with E-state index in [0.29, 0.717) is 24.8 Å². The molecule has 2 aliphatic rings. The van der Waals surface area contributed by atoms with Crippen molar-refractivity contribution >= 4 is 5.91 Å². The van der Waals surface area contributed by atoms with E-state index in [1.165, 1.54) is 18.4 Å². The summed E-state index contributed by atoms with van der Waals surface area (Å²) in [6, 6.07) is 8.89. The number of likely N-dealkylation sites (tertiary alicyclic amines) is 1. The van der Waals surface area contributed by atoms with Gasteiger partial charge in [0.1, 0.15) is 0 Å². The molecule has 1 aliphatic carbocycles. The molecule has 1 aromatic rings. The summed E-state index contributed by atoms with van der Waals surface area (Å²) < 4.78 is 0. The third-order valence-corrected chi connectivity index (χ3v) is 5.15. The highest BCUT2D eigenvalue weighted by molar-refractivity contribution is 5.76. The first-order valence-corrected chi connectivity index (χ1v) is 9.93. The zero-order chi connectivity index (χ0) is 18.2. The molecule has 26 heavy (non-hydrogen) atoms. The summed E-state index contributed by atoms with van der Waals surface area (Å²) in [5, 5.41) is 11.9. The molecule has 1 heterocycles. The van der Waals surface area contributed by atoms with Gasteiger partial charge in [-0.05, 0) is 62.3 Å². The SMILES string of the molecule is O=C(CCC1CCCN(Cc2ccc(C#CCCO)cc2)C1)NC1CC1. The minimum Gasteiger partial charge on any atom is -0.395 e. The van der Waals surface area contributed by atoms with Crippen molar-refractivity contribution in [2.75, 3.05) is 19.7 Å². The van der Waals surface area contributed by atoms with Gasteiger partial charge in [-0.2, -0.15) is 0 Å². The van der Waals surface area contributed by atoms with E-state index < -0.39 is 0 Å². The molecule has 1 aliphatic heterocycles. The number of carbonyl (C=O) groups is 1. The highest BCUT2D eigenvalue weighted by Crippen LogP contribution is 2.23. The molecule has 0 aromatic heterocycles. The predicted octanol–water partition coefficient (Wildman–Crippen LogP) is 2.69. The third-order valence-electron chi connectivity index (χ3n) is 5.15. The maximum Gasteiger partial charge on any atom is 0.220 e. The Morgan fingerprint density at radius 1 is 1.23 bits per heavy atom. The Hall–Kier alpha value is -1.83. The number of nitrogens with zero attached hydrogens (tertiary/aromatic N) is 1. The Morgan fingerprint density at radius 3 is 2.77 bits per heavy atom. The molecule has 2 N–H and O–H groups in total. The number of benzene rings is 1. The molecule has 4 heteroatoms. The van der Waals surface area contributed by atoms with Crippen molar-refractivity contribution in [1.82, 2.24) is 10.2 Å². The molecule has 2 fully saturated rings. The van der Waals surface area contributed by atoms with Crippen LogP contribution in [-0.2, 0) is 11.3 Å². The first-order chi connectivity index (χ1) is 12.7. The summed E-state index contributed by atoms with van der Waals surface area (Å²) in [7, 11) is 0. The highest BCUT2D eigenvalue weighted by atomic mass is 16.2. The van der Waals surface area contributed by atoms with Gasteiger partial charge in [0.25, 0.3) is 0 Å². The second kappa shape index (κ2) is 9.75. The van der Waals surface area contributed by atoms with Crippen molar-refractivity contribution in [1.29, 1.82) is 0 Å². The normalized spacial score (nSPS) is 20.3. The summed E-state index contributed by atoms with van der Waals surface area (Å²) >= 11 is 0. The van der Waals surface area contributed by atoms with E-state index >= 15 is 0 Å². The Bertz CT molecular complexity index is 640. The highest BCUT2D eigenvalue weighted by Gasteiger charge is 2.24. The monoisotopic (exact) mass is 354 g/mol. The summed E-state index contributed by atoms with van der Waals surface area (Å²) in [6.07, 6.45) is 7.00. The second-order valence-corrected chi connectivity index (χ2v) is 7.60. The lowest BCUT2D eigenvalue weighted by Crippen LogP contribution is -2.35. The summed E-state index contributed by atoms with van der Waals surface area (Å²) in [5.41, 5.74) is 2.31. The maximum atomic E-state index is 11.9. The van der Waals surface area contributed by atoms with Gasteiger partial charge in [0.05, 0.1) is 6.61 Å². The number of piperidine rings is 1. The number of carbonyl (C=O) groups excluding carboxylic acids is 1. The van der Waals surface area contributed by atoms with Crippen LogP contribution in [0.1, 0.15) is 56.1 Å². The van der Waals surface area contributed by atoms with Gasteiger partial charge in [0.15, 0.2) is 0 Å². The number of nitrogens with one attached hydrogen (secondary N) is 1. The van der Waals surface area contributed by atoms with Crippen LogP contribution in [0.4, 0.5) is 0 Å². The van der Waals surface area contributed by atoms with Gasteiger partial charge in [-0.15, -0.1) is 0 Å². The molecule has 1 aromatic carbocycles. The molecule has 140 valence electrons. The summed E-state index contributed by atoms with van der Waals surface area (Å²) in [4.78, 5) is 14.4. The molecule has 0 spiro atoms. The van der Waals surface area contributed by atoms with Crippen molar-refractivity contribution in [2.24, 2.45) is 5.92 Å². The van der Waals surface area contributed by atoms with Crippen molar-refractivity contribution in [3.05, 3.63) is 35.4 Å². The zero-order valence-electron chi connectivity index (χ0n) is 15.5. The quantitative estimate of drug-likeness (QED) is 0.740. The first-order valence-electron chi connectivity index (χ1n) is 9.93. The van der Waals surface area contributed by atoms with Crippen molar-refractivity contribution in [2.45, 2.75) is 57.5 Å². The molecule has 3 rings (SSSR count). The van der Waals surface area contributed by atoms with E-state index in [4.69, 9.17) is 5.11 Å². The van der Waals surface area contributed by atoms with Gasteiger partial charge in [-0.25, -0.2) is 0 Å². The van der Waals surface area contributed by atoms with Crippen LogP contribution in [0.25, 0.3) is 0 Å². The predicted molar refractivity (Wildman–Crippen MR) is 103 cm³/mol. The zero-order valence-corrected chi connectivity index (χ0v) is 15.5. The lowest BCUT2D eigenvalue weighted by molar-refractivity contribution is -0.121. The van der Waals surface area contributed by atoms with Gasteiger partial charge in [-0.1, -0.05) is 24.0 Å². The van der Waals surface area contributed by atoms with Crippen molar-refractivity contribution in [3.8, 4) is 11.8 Å². The number of hydrogen-bond donors (Lipinski definition) is 2. The molecule has 1 saturated heterocycles. The molecular weight excluding hydrogens is 324 g/mol. The average Bonchev–Trinajstić information content (AvgIpc) is 3.46. The molecular formula is C22H30N2O2.